The van der Waals surface area contributed by atoms with E-state index in [4.69, 9.17) is 10.00 Å². The third-order valence-corrected chi connectivity index (χ3v) is 4.32. The van der Waals surface area contributed by atoms with Crippen LogP contribution in [0.1, 0.15) is 29.8 Å². The van der Waals surface area contributed by atoms with Crippen LogP contribution in [0.5, 0.6) is 5.75 Å². The Bertz CT molecular complexity index is 832. The second-order valence-corrected chi connectivity index (χ2v) is 6.19. The molecule has 3 N–H and O–H groups in total. The van der Waals surface area contributed by atoms with E-state index < -0.39 is 6.04 Å². The van der Waals surface area contributed by atoms with E-state index in [-0.39, 0.29) is 18.4 Å². The molecule has 130 valence electrons. The van der Waals surface area contributed by atoms with Gasteiger partial charge in [-0.3, -0.25) is 9.59 Å². The Balaban J connectivity index is 1.76. The zero-order valence-electron chi connectivity index (χ0n) is 14.0. The van der Waals surface area contributed by atoms with Gasteiger partial charge < -0.3 is 20.4 Å². The van der Waals surface area contributed by atoms with Crippen molar-refractivity contribution >= 4 is 22.7 Å². The van der Waals surface area contributed by atoms with Gasteiger partial charge in [0.05, 0.1) is 13.2 Å². The first-order valence-electron chi connectivity index (χ1n) is 8.23. The number of nitrogens with one attached hydrogen (secondary N) is 3. The highest BCUT2D eigenvalue weighted by atomic mass is 16.5. The number of aromatic nitrogens is 1. The predicted octanol–water partition coefficient (Wildman–Crippen LogP) is 1.71. The highest BCUT2D eigenvalue weighted by Gasteiger charge is 2.30. The molecule has 25 heavy (non-hydrogen) atoms. The number of nitrogens with zero attached hydrogens (tertiary/aromatic N) is 1. The van der Waals surface area contributed by atoms with E-state index in [1.807, 2.05) is 24.3 Å². The van der Waals surface area contributed by atoms with Crippen molar-refractivity contribution in [1.29, 1.82) is 5.26 Å². The van der Waals surface area contributed by atoms with Gasteiger partial charge in [-0.2, -0.15) is 5.26 Å². The zero-order chi connectivity index (χ0) is 17.8. The van der Waals surface area contributed by atoms with Crippen molar-refractivity contribution in [2.24, 2.45) is 5.92 Å². The minimum atomic E-state index is -0.637. The summed E-state index contributed by atoms with van der Waals surface area (Å²) in [5.41, 5.74) is 1.16. The van der Waals surface area contributed by atoms with Gasteiger partial charge in [-0.05, 0) is 30.5 Å². The van der Waals surface area contributed by atoms with Crippen molar-refractivity contribution in [2.45, 2.75) is 25.3 Å². The summed E-state index contributed by atoms with van der Waals surface area (Å²) in [5.74, 6) is 0.460. The summed E-state index contributed by atoms with van der Waals surface area (Å²) in [7, 11) is 1.58. The number of benzene rings is 1. The predicted molar refractivity (Wildman–Crippen MR) is 92.1 cm³/mol. The zero-order valence-corrected chi connectivity index (χ0v) is 14.0. The molecule has 0 unspecified atom stereocenters. The van der Waals surface area contributed by atoms with Crippen LogP contribution in [0.2, 0.25) is 0 Å². The molecule has 7 heteroatoms. The molecule has 1 fully saturated rings. The standard InChI is InChI=1S/C18H20N4O3/c1-25-16-4-2-3-13-12(16)10-15(21-13)18(24)22-14(9-11-5-6-11)17(23)20-8-7-19/h2-4,10-11,14,21H,5-6,8-9H2,1H3,(H,20,23)(H,22,24)/t14-/m0/s1. The first kappa shape index (κ1) is 16.8. The molecule has 0 saturated heterocycles. The molecule has 0 aliphatic heterocycles. The molecule has 1 aliphatic carbocycles. The van der Waals surface area contributed by atoms with E-state index in [9.17, 15) is 9.59 Å². The van der Waals surface area contributed by atoms with Gasteiger partial charge in [-0.15, -0.1) is 0 Å². The maximum atomic E-state index is 12.6. The first-order chi connectivity index (χ1) is 12.1. The van der Waals surface area contributed by atoms with Gasteiger partial charge >= 0.3 is 0 Å². The molecule has 1 heterocycles. The van der Waals surface area contributed by atoms with E-state index in [2.05, 4.69) is 15.6 Å². The van der Waals surface area contributed by atoms with Crippen molar-refractivity contribution < 1.29 is 14.3 Å². The minimum absolute atomic E-state index is 0.0700. The molecule has 1 atom stereocenters. The lowest BCUT2D eigenvalue weighted by molar-refractivity contribution is -0.123. The molecule has 2 amide bonds. The quantitative estimate of drug-likeness (QED) is 0.667. The summed E-state index contributed by atoms with van der Waals surface area (Å²) < 4.78 is 5.30. The Labute approximate surface area is 145 Å². The Kier molecular flexibility index (Phi) is 4.89. The van der Waals surface area contributed by atoms with E-state index in [0.717, 1.165) is 23.7 Å². The van der Waals surface area contributed by atoms with Crippen molar-refractivity contribution in [1.82, 2.24) is 15.6 Å². The summed E-state index contributed by atoms with van der Waals surface area (Å²) in [6.45, 7) is -0.0700. The Hall–Kier alpha value is -3.01. The normalized spacial score (nSPS) is 14.6. The fourth-order valence-corrected chi connectivity index (χ4v) is 2.83. The van der Waals surface area contributed by atoms with Gasteiger partial charge in [0, 0.05) is 10.9 Å². The second-order valence-electron chi connectivity index (χ2n) is 6.19. The average molecular weight is 340 g/mol. The van der Waals surface area contributed by atoms with E-state index in [1.54, 1.807) is 13.2 Å². The molecule has 1 aromatic heterocycles. The number of amides is 2. The molecule has 0 radical (unpaired) electrons. The number of ether oxygens (including phenoxy) is 1. The van der Waals surface area contributed by atoms with Gasteiger partial charge in [-0.1, -0.05) is 18.9 Å². The van der Waals surface area contributed by atoms with Crippen molar-refractivity contribution in [3.63, 3.8) is 0 Å². The number of hydrogen-bond acceptors (Lipinski definition) is 4. The molecular weight excluding hydrogens is 320 g/mol. The molecule has 1 aliphatic rings. The fourth-order valence-electron chi connectivity index (χ4n) is 2.83. The number of rotatable bonds is 7. The molecule has 1 aromatic carbocycles. The van der Waals surface area contributed by atoms with Gasteiger partial charge in [0.15, 0.2) is 0 Å². The molecule has 0 spiro atoms. The minimum Gasteiger partial charge on any atom is -0.496 e. The highest BCUT2D eigenvalue weighted by molar-refractivity contribution is 6.01. The van der Waals surface area contributed by atoms with Crippen LogP contribution in [-0.2, 0) is 4.79 Å². The average Bonchev–Trinajstić information content (AvgIpc) is 3.32. The van der Waals surface area contributed by atoms with Crippen LogP contribution in [0.3, 0.4) is 0 Å². The lowest BCUT2D eigenvalue weighted by Crippen LogP contribution is -2.47. The molecule has 0 bridgehead atoms. The third-order valence-electron chi connectivity index (χ3n) is 4.32. The number of H-pyrrole nitrogens is 1. The summed E-state index contributed by atoms with van der Waals surface area (Å²) in [4.78, 5) is 27.8. The number of carbonyl (C=O) groups is 2. The van der Waals surface area contributed by atoms with Gasteiger partial charge in [0.2, 0.25) is 5.91 Å². The third kappa shape index (κ3) is 3.91. The van der Waals surface area contributed by atoms with Gasteiger partial charge in [-0.25, -0.2) is 0 Å². The summed E-state index contributed by atoms with van der Waals surface area (Å²) >= 11 is 0. The Morgan fingerprint density at radius 2 is 2.24 bits per heavy atom. The maximum absolute atomic E-state index is 12.6. The molecule has 7 nitrogen and oxygen atoms in total. The van der Waals surface area contributed by atoms with Crippen LogP contribution in [0.4, 0.5) is 0 Å². The molecule has 3 rings (SSSR count). The van der Waals surface area contributed by atoms with Crippen LogP contribution in [0.15, 0.2) is 24.3 Å². The van der Waals surface area contributed by atoms with Crippen molar-refractivity contribution in [3.8, 4) is 11.8 Å². The van der Waals surface area contributed by atoms with Crippen LogP contribution in [0.25, 0.3) is 10.9 Å². The van der Waals surface area contributed by atoms with Crippen LogP contribution in [0, 0.1) is 17.2 Å². The van der Waals surface area contributed by atoms with Crippen LogP contribution < -0.4 is 15.4 Å². The smallest absolute Gasteiger partial charge is 0.268 e. The van der Waals surface area contributed by atoms with Gasteiger partial charge in [0.25, 0.3) is 5.91 Å². The number of fused-ring (bicyclic) bond motifs is 1. The maximum Gasteiger partial charge on any atom is 0.268 e. The van der Waals surface area contributed by atoms with Gasteiger partial charge in [0.1, 0.15) is 24.0 Å². The highest BCUT2D eigenvalue weighted by Crippen LogP contribution is 2.33. The number of methoxy groups -OCH3 is 1. The SMILES string of the molecule is COc1cccc2[nH]c(C(=O)N[C@@H](CC3CC3)C(=O)NCC#N)cc12. The number of hydrogen-bond donors (Lipinski definition) is 3. The van der Waals surface area contributed by atoms with E-state index >= 15 is 0 Å². The number of carbonyl (C=O) groups excluding carboxylic acids is 2. The van der Waals surface area contributed by atoms with Crippen molar-refractivity contribution in [3.05, 3.63) is 30.0 Å². The van der Waals surface area contributed by atoms with E-state index in [1.165, 1.54) is 0 Å². The van der Waals surface area contributed by atoms with Crippen LogP contribution >= 0.6 is 0 Å². The van der Waals surface area contributed by atoms with E-state index in [0.29, 0.717) is 23.8 Å². The summed E-state index contributed by atoms with van der Waals surface area (Å²) in [6.07, 6.45) is 2.73. The molecule has 2 aromatic rings. The molecular formula is C18H20N4O3. The van der Waals surface area contributed by atoms with Crippen molar-refractivity contribution in [2.75, 3.05) is 13.7 Å². The topological polar surface area (TPSA) is 107 Å². The lowest BCUT2D eigenvalue weighted by atomic mass is 10.1. The Morgan fingerprint density at radius 3 is 2.92 bits per heavy atom. The first-order valence-corrected chi connectivity index (χ1v) is 8.23. The molecule has 1 saturated carbocycles. The Morgan fingerprint density at radius 1 is 1.44 bits per heavy atom. The number of aromatic amines is 1. The fraction of sp³-hybridized carbons (Fsp3) is 0.389. The summed E-state index contributed by atoms with van der Waals surface area (Å²) in [5, 5.41) is 14.7. The monoisotopic (exact) mass is 340 g/mol. The van der Waals surface area contributed by atoms with Crippen LogP contribution in [-0.4, -0.2) is 36.5 Å². The largest absolute Gasteiger partial charge is 0.496 e. The number of nitriles is 1. The lowest BCUT2D eigenvalue weighted by Gasteiger charge is -2.17. The second kappa shape index (κ2) is 7.26. The summed E-state index contributed by atoms with van der Waals surface area (Å²) in [6, 6.07) is 8.47.